The summed E-state index contributed by atoms with van der Waals surface area (Å²) in [5.74, 6) is 0.678. The number of carboxylic acids is 1. The highest BCUT2D eigenvalue weighted by atomic mass is 16.6. The first kappa shape index (κ1) is 24.6. The van der Waals surface area contributed by atoms with E-state index in [0.717, 1.165) is 32.3 Å². The summed E-state index contributed by atoms with van der Waals surface area (Å²) in [6.07, 6.45) is 12.9. The van der Waals surface area contributed by atoms with Crippen LogP contribution in [0.4, 0.5) is 0 Å². The molecule has 2 heterocycles. The van der Waals surface area contributed by atoms with Gasteiger partial charge in [-0.05, 0) is 99.2 Å². The smallest absolute Gasteiger partial charge is 0.330 e. The number of allylic oxidation sites excluding steroid dienone is 2. The fourth-order valence-electron chi connectivity index (χ4n) is 10.4. The molecule has 6 fully saturated rings. The van der Waals surface area contributed by atoms with Crippen LogP contribution in [0.3, 0.4) is 0 Å². The monoisotopic (exact) mass is 470 g/mol. The van der Waals surface area contributed by atoms with Crippen molar-refractivity contribution in [2.75, 3.05) is 6.61 Å². The van der Waals surface area contributed by atoms with Gasteiger partial charge < -0.3 is 14.9 Å². The molecule has 2 bridgehead atoms. The number of carboxylic acid groups (broad SMARTS) is 1. The van der Waals surface area contributed by atoms with Crippen LogP contribution in [0.1, 0.15) is 98.8 Å². The van der Waals surface area contributed by atoms with E-state index in [9.17, 15) is 9.90 Å². The summed E-state index contributed by atoms with van der Waals surface area (Å²) in [7, 11) is 0. The molecule has 4 aliphatic carbocycles. The number of hydrogen-bond donors (Lipinski definition) is 2. The largest absolute Gasteiger partial charge is 0.478 e. The Kier molecular flexibility index (Phi) is 5.55. The normalized spacial score (nSPS) is 49.2. The third-order valence-corrected chi connectivity index (χ3v) is 12.6. The molecular weight excluding hydrogens is 424 g/mol. The van der Waals surface area contributed by atoms with Gasteiger partial charge in [-0.25, -0.2) is 4.79 Å². The molecule has 0 amide bonds. The van der Waals surface area contributed by atoms with Crippen LogP contribution in [0.25, 0.3) is 0 Å². The summed E-state index contributed by atoms with van der Waals surface area (Å²) in [4.78, 5) is 11.1. The van der Waals surface area contributed by atoms with Crippen molar-refractivity contribution in [2.45, 2.75) is 105 Å². The second-order valence-electron chi connectivity index (χ2n) is 13.7. The van der Waals surface area contributed by atoms with Crippen molar-refractivity contribution < 1.29 is 19.7 Å². The van der Waals surface area contributed by atoms with E-state index in [4.69, 9.17) is 9.84 Å². The van der Waals surface area contributed by atoms with Gasteiger partial charge in [0.05, 0.1) is 6.61 Å². The predicted molar refractivity (Wildman–Crippen MR) is 134 cm³/mol. The van der Waals surface area contributed by atoms with Gasteiger partial charge in [0, 0.05) is 22.8 Å². The van der Waals surface area contributed by atoms with Crippen LogP contribution >= 0.6 is 0 Å². The van der Waals surface area contributed by atoms with Crippen LogP contribution in [-0.2, 0) is 9.53 Å². The zero-order valence-corrected chi connectivity index (χ0v) is 22.1. The summed E-state index contributed by atoms with van der Waals surface area (Å²) in [6.45, 7) is 16.7. The fourth-order valence-corrected chi connectivity index (χ4v) is 10.4. The first-order valence-corrected chi connectivity index (χ1v) is 13.8. The van der Waals surface area contributed by atoms with Crippen molar-refractivity contribution >= 4 is 5.97 Å². The van der Waals surface area contributed by atoms with Crippen LogP contribution in [-0.4, -0.2) is 28.6 Å². The van der Waals surface area contributed by atoms with Gasteiger partial charge in [-0.1, -0.05) is 45.9 Å². The number of fused-ring (bicyclic) bond motifs is 5. The fraction of sp³-hybridized carbons (Fsp3) is 0.833. The molecule has 0 aromatic heterocycles. The second-order valence-corrected chi connectivity index (χ2v) is 13.7. The lowest BCUT2D eigenvalue weighted by molar-refractivity contribution is -0.398. The molecule has 190 valence electrons. The predicted octanol–water partition coefficient (Wildman–Crippen LogP) is 6.74. The maximum Gasteiger partial charge on any atom is 0.330 e. The Morgan fingerprint density at radius 3 is 2.35 bits per heavy atom. The maximum absolute atomic E-state index is 11.3. The van der Waals surface area contributed by atoms with Gasteiger partial charge in [-0.3, -0.25) is 0 Å². The van der Waals surface area contributed by atoms with Gasteiger partial charge in [-0.2, -0.15) is 0 Å². The minimum atomic E-state index is -0.947. The molecule has 4 nitrogen and oxygen atoms in total. The highest BCUT2D eigenvalue weighted by molar-refractivity contribution is 5.85. The number of aliphatic carboxylic acids is 1. The first-order chi connectivity index (χ1) is 15.8. The Hall–Kier alpha value is -1.13. The summed E-state index contributed by atoms with van der Waals surface area (Å²) in [6, 6.07) is 0. The molecule has 0 unspecified atom stereocenters. The maximum atomic E-state index is 11.3. The topological polar surface area (TPSA) is 66.8 Å². The van der Waals surface area contributed by atoms with Crippen LogP contribution < -0.4 is 0 Å². The van der Waals surface area contributed by atoms with Crippen LogP contribution in [0, 0.1) is 45.3 Å². The molecule has 6 rings (SSSR count). The molecular formula is C30H46O4. The highest BCUT2D eigenvalue weighted by Gasteiger charge is 2.74. The average molecular weight is 471 g/mol. The van der Waals surface area contributed by atoms with Crippen molar-refractivity contribution in [3.63, 3.8) is 0 Å². The standard InChI is InChI=1S/C30H46O4/c1-19(8-7-9-20(2)25(31)32)21-12-14-27(5)22(21)10-11-24-28(27,6)15-13-23-26(3,4)30(33)17-16-29(23,24)18-34-30/h9,21-24,33H,1,7-8,10-18H2,2-6H3,(H,31,32)/b20-9+/t21-,22-,23+,24+,27-,28-,29-,30+/m1/s1. The Morgan fingerprint density at radius 2 is 1.71 bits per heavy atom. The summed E-state index contributed by atoms with van der Waals surface area (Å²) in [5.41, 5.74) is 2.41. The molecule has 34 heavy (non-hydrogen) atoms. The van der Waals surface area contributed by atoms with E-state index in [-0.39, 0.29) is 10.8 Å². The summed E-state index contributed by atoms with van der Waals surface area (Å²) < 4.78 is 6.31. The Bertz CT molecular complexity index is 907. The summed E-state index contributed by atoms with van der Waals surface area (Å²) >= 11 is 0. The number of hydrogen-bond acceptors (Lipinski definition) is 3. The van der Waals surface area contributed by atoms with E-state index in [2.05, 4.69) is 34.3 Å². The van der Waals surface area contributed by atoms with Crippen molar-refractivity contribution in [1.29, 1.82) is 0 Å². The summed E-state index contributed by atoms with van der Waals surface area (Å²) in [5, 5.41) is 20.5. The zero-order chi connectivity index (χ0) is 24.7. The molecule has 0 aromatic rings. The van der Waals surface area contributed by atoms with Crippen LogP contribution in [0.15, 0.2) is 23.8 Å². The first-order valence-electron chi connectivity index (χ1n) is 13.8. The van der Waals surface area contributed by atoms with Crippen molar-refractivity contribution in [3.8, 4) is 0 Å². The third-order valence-electron chi connectivity index (χ3n) is 12.6. The van der Waals surface area contributed by atoms with Gasteiger partial charge in [0.25, 0.3) is 0 Å². The molecule has 0 aromatic carbocycles. The molecule has 2 N–H and O–H groups in total. The van der Waals surface area contributed by atoms with E-state index in [1.807, 2.05) is 6.08 Å². The van der Waals surface area contributed by atoms with E-state index in [1.54, 1.807) is 6.92 Å². The molecule has 8 atom stereocenters. The van der Waals surface area contributed by atoms with E-state index in [0.29, 0.717) is 40.1 Å². The molecule has 0 radical (unpaired) electrons. The molecule has 6 aliphatic rings. The van der Waals surface area contributed by atoms with Gasteiger partial charge in [-0.15, -0.1) is 0 Å². The lowest BCUT2D eigenvalue weighted by atomic mass is 9.34. The molecule has 1 spiro atoms. The zero-order valence-electron chi connectivity index (χ0n) is 22.1. The van der Waals surface area contributed by atoms with Gasteiger partial charge in [0.1, 0.15) is 0 Å². The average Bonchev–Trinajstić information content (AvgIpc) is 3.13. The Labute approximate surface area is 206 Å². The van der Waals surface area contributed by atoms with E-state index in [1.165, 1.54) is 44.1 Å². The number of ether oxygens (including phenoxy) is 1. The second kappa shape index (κ2) is 7.68. The molecule has 2 aliphatic heterocycles. The Balaban J connectivity index is 1.38. The molecule has 4 heteroatoms. The van der Waals surface area contributed by atoms with Crippen molar-refractivity contribution in [1.82, 2.24) is 0 Å². The number of aliphatic hydroxyl groups is 1. The number of carbonyl (C=O) groups is 1. The third kappa shape index (κ3) is 3.00. The van der Waals surface area contributed by atoms with E-state index >= 15 is 0 Å². The SMILES string of the molecule is C=C(CC/C=C(\C)C(=O)O)[C@H]1CC[C@]2(C)[C@@H]1CC[C@@H]1[C@]34CC[C@](O)(OC3)C(C)(C)[C@@H]4CC[C@]12C. The Morgan fingerprint density at radius 1 is 1.00 bits per heavy atom. The molecule has 2 saturated heterocycles. The lowest BCUT2D eigenvalue weighted by Crippen LogP contribution is -2.73. The van der Waals surface area contributed by atoms with Crippen molar-refractivity contribution in [3.05, 3.63) is 23.8 Å². The quantitative estimate of drug-likeness (QED) is 0.345. The van der Waals surface area contributed by atoms with Crippen molar-refractivity contribution in [2.24, 2.45) is 45.3 Å². The van der Waals surface area contributed by atoms with Crippen LogP contribution in [0.5, 0.6) is 0 Å². The molecule has 4 saturated carbocycles. The minimum absolute atomic E-state index is 0.184. The van der Waals surface area contributed by atoms with Gasteiger partial charge in [0.15, 0.2) is 5.79 Å². The van der Waals surface area contributed by atoms with Crippen LogP contribution in [0.2, 0.25) is 0 Å². The number of rotatable bonds is 5. The van der Waals surface area contributed by atoms with Gasteiger partial charge in [0.2, 0.25) is 0 Å². The lowest BCUT2D eigenvalue weighted by Gasteiger charge is -2.74. The van der Waals surface area contributed by atoms with Gasteiger partial charge >= 0.3 is 5.97 Å². The minimum Gasteiger partial charge on any atom is -0.478 e. The highest BCUT2D eigenvalue weighted by Crippen LogP contribution is 2.77. The van der Waals surface area contributed by atoms with E-state index < -0.39 is 11.8 Å².